The van der Waals surface area contributed by atoms with Gasteiger partial charge in [0.15, 0.2) is 0 Å². The molecular weight excluding hydrogens is 262 g/mol. The van der Waals surface area contributed by atoms with E-state index in [1.165, 1.54) is 10.9 Å². The van der Waals surface area contributed by atoms with Gasteiger partial charge in [0.1, 0.15) is 5.69 Å². The number of aromatic nitrogens is 2. The summed E-state index contributed by atoms with van der Waals surface area (Å²) in [5.41, 5.74) is 4.00. The van der Waals surface area contributed by atoms with Crippen LogP contribution in [0.25, 0.3) is 10.9 Å². The summed E-state index contributed by atoms with van der Waals surface area (Å²) >= 11 is 0. The second-order valence-corrected chi connectivity index (χ2v) is 5.00. The maximum atomic E-state index is 11.9. The van der Waals surface area contributed by atoms with Crippen molar-refractivity contribution in [1.29, 1.82) is 0 Å². The van der Waals surface area contributed by atoms with Crippen molar-refractivity contribution in [3.8, 4) is 0 Å². The Bertz CT molecular complexity index is 762. The van der Waals surface area contributed by atoms with Crippen molar-refractivity contribution in [2.24, 2.45) is 0 Å². The molecule has 1 amide bonds. The largest absolute Gasteiger partial charge is 0.358 e. The fourth-order valence-electron chi connectivity index (χ4n) is 2.55. The summed E-state index contributed by atoms with van der Waals surface area (Å²) in [5, 5.41) is 4.14. The number of aromatic amines is 1. The van der Waals surface area contributed by atoms with Gasteiger partial charge in [0.05, 0.1) is 0 Å². The van der Waals surface area contributed by atoms with Gasteiger partial charge in [-0.2, -0.15) is 0 Å². The van der Waals surface area contributed by atoms with E-state index < -0.39 is 0 Å². The number of nitrogens with zero attached hydrogens (tertiary/aromatic N) is 1. The number of H-pyrrole nitrogens is 1. The number of rotatable bonds is 4. The van der Waals surface area contributed by atoms with Crippen LogP contribution in [0.1, 0.15) is 21.7 Å². The molecule has 0 unspecified atom stereocenters. The van der Waals surface area contributed by atoms with Gasteiger partial charge in [-0.3, -0.25) is 9.78 Å². The number of nitrogens with one attached hydrogen (secondary N) is 2. The number of carbonyl (C=O) groups is 1. The van der Waals surface area contributed by atoms with Gasteiger partial charge in [-0.25, -0.2) is 0 Å². The maximum absolute atomic E-state index is 11.9. The predicted octanol–water partition coefficient (Wildman–Crippen LogP) is 2.84. The second-order valence-electron chi connectivity index (χ2n) is 5.00. The quantitative estimate of drug-likeness (QED) is 0.771. The van der Waals surface area contributed by atoms with Crippen molar-refractivity contribution in [3.63, 3.8) is 0 Å². The number of pyridine rings is 1. The second kappa shape index (κ2) is 5.79. The molecule has 3 aromatic rings. The average Bonchev–Trinajstić information content (AvgIpc) is 2.84. The van der Waals surface area contributed by atoms with Gasteiger partial charge < -0.3 is 10.3 Å². The van der Waals surface area contributed by atoms with E-state index >= 15 is 0 Å². The van der Waals surface area contributed by atoms with Crippen LogP contribution < -0.4 is 5.32 Å². The van der Waals surface area contributed by atoms with E-state index in [-0.39, 0.29) is 5.91 Å². The molecule has 3 rings (SSSR count). The smallest absolute Gasteiger partial charge is 0.269 e. The van der Waals surface area contributed by atoms with E-state index in [4.69, 9.17) is 0 Å². The van der Waals surface area contributed by atoms with Crippen molar-refractivity contribution in [2.45, 2.75) is 13.3 Å². The summed E-state index contributed by atoms with van der Waals surface area (Å²) in [6, 6.07) is 13.5. The van der Waals surface area contributed by atoms with Crippen LogP contribution in [0.3, 0.4) is 0 Å². The molecule has 21 heavy (non-hydrogen) atoms. The minimum Gasteiger partial charge on any atom is -0.358 e. The SMILES string of the molecule is Cc1[nH]c2ccccc2c1CCNC(=O)c1ccccn1. The van der Waals surface area contributed by atoms with Crippen LogP contribution >= 0.6 is 0 Å². The Kier molecular flexibility index (Phi) is 3.69. The molecule has 0 radical (unpaired) electrons. The Hall–Kier alpha value is -2.62. The van der Waals surface area contributed by atoms with Gasteiger partial charge in [-0.1, -0.05) is 24.3 Å². The molecule has 0 spiro atoms. The first-order chi connectivity index (χ1) is 10.3. The molecule has 0 bridgehead atoms. The highest BCUT2D eigenvalue weighted by molar-refractivity contribution is 5.92. The van der Waals surface area contributed by atoms with E-state index in [0.29, 0.717) is 12.2 Å². The summed E-state index contributed by atoms with van der Waals surface area (Å²) in [6.45, 7) is 2.66. The monoisotopic (exact) mass is 279 g/mol. The molecule has 0 fully saturated rings. The van der Waals surface area contributed by atoms with E-state index in [2.05, 4.69) is 34.3 Å². The number of fused-ring (bicyclic) bond motifs is 1. The minimum absolute atomic E-state index is 0.131. The first kappa shape index (κ1) is 13.4. The molecule has 4 nitrogen and oxygen atoms in total. The lowest BCUT2D eigenvalue weighted by atomic mass is 10.1. The van der Waals surface area contributed by atoms with Crippen molar-refractivity contribution in [3.05, 3.63) is 65.6 Å². The van der Waals surface area contributed by atoms with Crippen LogP contribution in [0.2, 0.25) is 0 Å². The molecule has 0 aliphatic rings. The molecule has 2 aromatic heterocycles. The summed E-state index contributed by atoms with van der Waals surface area (Å²) in [7, 11) is 0. The van der Waals surface area contributed by atoms with Crippen molar-refractivity contribution < 1.29 is 4.79 Å². The van der Waals surface area contributed by atoms with Gasteiger partial charge in [0.2, 0.25) is 0 Å². The molecule has 1 aromatic carbocycles. The molecule has 0 saturated carbocycles. The predicted molar refractivity (Wildman–Crippen MR) is 83.3 cm³/mol. The lowest BCUT2D eigenvalue weighted by Crippen LogP contribution is -2.26. The lowest BCUT2D eigenvalue weighted by molar-refractivity contribution is 0.0949. The molecule has 2 heterocycles. The topological polar surface area (TPSA) is 57.8 Å². The zero-order valence-corrected chi connectivity index (χ0v) is 11.9. The van der Waals surface area contributed by atoms with E-state index in [0.717, 1.165) is 17.6 Å². The first-order valence-corrected chi connectivity index (χ1v) is 7.01. The van der Waals surface area contributed by atoms with E-state index in [1.54, 1.807) is 18.3 Å². The first-order valence-electron chi connectivity index (χ1n) is 7.01. The Morgan fingerprint density at radius 2 is 2.00 bits per heavy atom. The third-order valence-corrected chi connectivity index (χ3v) is 3.59. The number of carbonyl (C=O) groups excluding carboxylic acids is 1. The van der Waals surface area contributed by atoms with Crippen molar-refractivity contribution in [2.75, 3.05) is 6.54 Å². The van der Waals surface area contributed by atoms with Gasteiger partial charge in [-0.15, -0.1) is 0 Å². The van der Waals surface area contributed by atoms with Crippen LogP contribution in [-0.4, -0.2) is 22.4 Å². The Morgan fingerprint density at radius 1 is 1.19 bits per heavy atom. The number of para-hydroxylation sites is 1. The highest BCUT2D eigenvalue weighted by Crippen LogP contribution is 2.21. The molecule has 2 N–H and O–H groups in total. The Morgan fingerprint density at radius 3 is 2.81 bits per heavy atom. The standard InChI is InChI=1S/C17H17N3O/c1-12-13(14-6-2-3-7-15(14)20-12)9-11-19-17(21)16-8-4-5-10-18-16/h2-8,10,20H,9,11H2,1H3,(H,19,21). The van der Waals surface area contributed by atoms with Crippen molar-refractivity contribution in [1.82, 2.24) is 15.3 Å². The summed E-state index contributed by atoms with van der Waals surface area (Å²) < 4.78 is 0. The molecule has 0 aliphatic heterocycles. The van der Waals surface area contributed by atoms with Crippen LogP contribution in [0.5, 0.6) is 0 Å². The number of amides is 1. The fourth-order valence-corrected chi connectivity index (χ4v) is 2.55. The van der Waals surface area contributed by atoms with Gasteiger partial charge in [0.25, 0.3) is 5.91 Å². The minimum atomic E-state index is -0.131. The normalized spacial score (nSPS) is 10.7. The highest BCUT2D eigenvalue weighted by Gasteiger charge is 2.09. The highest BCUT2D eigenvalue weighted by atomic mass is 16.1. The zero-order chi connectivity index (χ0) is 14.7. The summed E-state index contributed by atoms with van der Waals surface area (Å²) in [4.78, 5) is 19.4. The fraction of sp³-hybridized carbons (Fsp3) is 0.176. The van der Waals surface area contributed by atoms with E-state index in [1.807, 2.05) is 18.2 Å². The number of hydrogen-bond acceptors (Lipinski definition) is 2. The van der Waals surface area contributed by atoms with Crippen LogP contribution in [-0.2, 0) is 6.42 Å². The molecule has 106 valence electrons. The Balaban J connectivity index is 1.67. The number of benzene rings is 1. The molecular formula is C17H17N3O. The third-order valence-electron chi connectivity index (χ3n) is 3.59. The van der Waals surface area contributed by atoms with Gasteiger partial charge in [0, 0.05) is 29.3 Å². The van der Waals surface area contributed by atoms with Crippen LogP contribution in [0.15, 0.2) is 48.7 Å². The van der Waals surface area contributed by atoms with Crippen LogP contribution in [0.4, 0.5) is 0 Å². The molecule has 0 atom stereocenters. The summed E-state index contributed by atoms with van der Waals surface area (Å²) in [6.07, 6.45) is 2.42. The third kappa shape index (κ3) is 2.79. The Labute approximate surface area is 123 Å². The van der Waals surface area contributed by atoms with Crippen molar-refractivity contribution >= 4 is 16.8 Å². The number of hydrogen-bond donors (Lipinski definition) is 2. The molecule has 0 saturated heterocycles. The molecule has 0 aliphatic carbocycles. The lowest BCUT2D eigenvalue weighted by Gasteiger charge is -2.05. The zero-order valence-electron chi connectivity index (χ0n) is 11.9. The van der Waals surface area contributed by atoms with E-state index in [9.17, 15) is 4.79 Å². The summed E-state index contributed by atoms with van der Waals surface area (Å²) in [5.74, 6) is -0.131. The van der Waals surface area contributed by atoms with Crippen LogP contribution in [0, 0.1) is 6.92 Å². The maximum Gasteiger partial charge on any atom is 0.269 e. The van der Waals surface area contributed by atoms with Gasteiger partial charge >= 0.3 is 0 Å². The van der Waals surface area contributed by atoms with Gasteiger partial charge in [-0.05, 0) is 37.1 Å². The molecule has 4 heteroatoms. The average molecular weight is 279 g/mol. The number of aryl methyl sites for hydroxylation is 1.